The zero-order chi connectivity index (χ0) is 18.7. The Bertz CT molecular complexity index is 794. The van der Waals surface area contributed by atoms with Crippen molar-refractivity contribution < 1.29 is 19.1 Å². The second kappa shape index (κ2) is 7.52. The molecule has 2 amide bonds. The molecule has 2 aromatic rings. The number of rotatable bonds is 6. The molecule has 0 spiro atoms. The molecule has 134 valence electrons. The van der Waals surface area contributed by atoms with Crippen LogP contribution in [0.5, 0.6) is 0 Å². The SMILES string of the molecule is CC(C)CC(C(=O)OCc1ccccc1)N1C(=O)c2ccccc2C1=O. The Kier molecular flexibility index (Phi) is 5.16. The first-order chi connectivity index (χ1) is 12.5. The summed E-state index contributed by atoms with van der Waals surface area (Å²) in [4.78, 5) is 39.2. The molecule has 0 bridgehead atoms. The summed E-state index contributed by atoms with van der Waals surface area (Å²) in [5.74, 6) is -1.31. The summed E-state index contributed by atoms with van der Waals surface area (Å²) >= 11 is 0. The van der Waals surface area contributed by atoms with E-state index in [9.17, 15) is 14.4 Å². The van der Waals surface area contributed by atoms with Gasteiger partial charge in [0.05, 0.1) is 11.1 Å². The smallest absolute Gasteiger partial charge is 0.329 e. The number of ether oxygens (including phenoxy) is 1. The first kappa shape index (κ1) is 17.9. The summed E-state index contributed by atoms with van der Waals surface area (Å²) in [5, 5.41) is 0. The monoisotopic (exact) mass is 351 g/mol. The molecule has 0 fully saturated rings. The average molecular weight is 351 g/mol. The van der Waals surface area contributed by atoms with Crippen LogP contribution in [0.2, 0.25) is 0 Å². The molecule has 0 N–H and O–H groups in total. The van der Waals surface area contributed by atoms with Crippen LogP contribution in [0.15, 0.2) is 54.6 Å². The third kappa shape index (κ3) is 3.52. The van der Waals surface area contributed by atoms with Crippen LogP contribution in [0.3, 0.4) is 0 Å². The molecule has 0 aliphatic carbocycles. The van der Waals surface area contributed by atoms with E-state index in [4.69, 9.17) is 4.74 Å². The average Bonchev–Trinajstić information content (AvgIpc) is 2.90. The highest BCUT2D eigenvalue weighted by Gasteiger charge is 2.43. The second-order valence-corrected chi connectivity index (χ2v) is 6.76. The van der Waals surface area contributed by atoms with Gasteiger partial charge >= 0.3 is 5.97 Å². The minimum absolute atomic E-state index is 0.109. The Hall–Kier alpha value is -2.95. The number of hydrogen-bond acceptors (Lipinski definition) is 4. The number of esters is 1. The molecular formula is C21H21NO4. The van der Waals surface area contributed by atoms with Crippen LogP contribution in [-0.4, -0.2) is 28.7 Å². The molecular weight excluding hydrogens is 330 g/mol. The number of carbonyl (C=O) groups is 3. The predicted octanol–water partition coefficient (Wildman–Crippen LogP) is 3.44. The quantitative estimate of drug-likeness (QED) is 0.591. The predicted molar refractivity (Wildman–Crippen MR) is 96.4 cm³/mol. The van der Waals surface area contributed by atoms with Gasteiger partial charge in [0.25, 0.3) is 11.8 Å². The summed E-state index contributed by atoms with van der Waals surface area (Å²) in [7, 11) is 0. The van der Waals surface area contributed by atoms with E-state index in [0.717, 1.165) is 10.5 Å². The van der Waals surface area contributed by atoms with Crippen LogP contribution < -0.4 is 0 Å². The van der Waals surface area contributed by atoms with E-state index < -0.39 is 23.8 Å². The summed E-state index contributed by atoms with van der Waals surface area (Å²) < 4.78 is 5.41. The third-order valence-corrected chi connectivity index (χ3v) is 4.33. The van der Waals surface area contributed by atoms with Crippen molar-refractivity contribution in [3.8, 4) is 0 Å². The van der Waals surface area contributed by atoms with E-state index in [0.29, 0.717) is 17.5 Å². The molecule has 0 saturated carbocycles. The van der Waals surface area contributed by atoms with Crippen LogP contribution in [0, 0.1) is 5.92 Å². The maximum Gasteiger partial charge on any atom is 0.329 e. The standard InChI is InChI=1S/C21H21NO4/c1-14(2)12-18(21(25)26-13-15-8-4-3-5-9-15)22-19(23)16-10-6-7-11-17(16)20(22)24/h3-11,14,18H,12-13H2,1-2H3. The van der Waals surface area contributed by atoms with Crippen LogP contribution in [-0.2, 0) is 16.1 Å². The molecule has 26 heavy (non-hydrogen) atoms. The zero-order valence-electron chi connectivity index (χ0n) is 14.8. The first-order valence-electron chi connectivity index (χ1n) is 8.66. The minimum atomic E-state index is -0.925. The van der Waals surface area contributed by atoms with Crippen LogP contribution in [0.1, 0.15) is 46.5 Å². The molecule has 0 radical (unpaired) electrons. The van der Waals surface area contributed by atoms with E-state index in [-0.39, 0.29) is 12.5 Å². The number of carbonyl (C=O) groups excluding carboxylic acids is 3. The highest BCUT2D eigenvalue weighted by molar-refractivity contribution is 6.22. The molecule has 1 aliphatic rings. The number of nitrogens with zero attached hydrogens (tertiary/aromatic N) is 1. The Balaban J connectivity index is 1.81. The van der Waals surface area contributed by atoms with Crippen molar-refractivity contribution in [3.63, 3.8) is 0 Å². The number of fused-ring (bicyclic) bond motifs is 1. The van der Waals surface area contributed by atoms with Crippen molar-refractivity contribution in [1.29, 1.82) is 0 Å². The fourth-order valence-corrected chi connectivity index (χ4v) is 3.07. The van der Waals surface area contributed by atoms with Gasteiger partial charge in [-0.25, -0.2) is 4.79 Å². The Morgan fingerprint density at radius 3 is 2.00 bits per heavy atom. The van der Waals surface area contributed by atoms with Crippen LogP contribution in [0.4, 0.5) is 0 Å². The summed E-state index contributed by atoms with van der Waals surface area (Å²) in [6, 6.07) is 15.0. The van der Waals surface area contributed by atoms with Crippen molar-refractivity contribution in [1.82, 2.24) is 4.90 Å². The van der Waals surface area contributed by atoms with Gasteiger partial charge in [-0.3, -0.25) is 14.5 Å². The van der Waals surface area contributed by atoms with Crippen LogP contribution in [0.25, 0.3) is 0 Å². The van der Waals surface area contributed by atoms with Crippen molar-refractivity contribution in [2.24, 2.45) is 5.92 Å². The maximum atomic E-state index is 12.7. The number of hydrogen-bond donors (Lipinski definition) is 0. The lowest BCUT2D eigenvalue weighted by Crippen LogP contribution is -2.46. The Labute approximate surface area is 152 Å². The van der Waals surface area contributed by atoms with Crippen molar-refractivity contribution in [3.05, 3.63) is 71.3 Å². The topological polar surface area (TPSA) is 63.7 Å². The number of imide groups is 1. The summed E-state index contributed by atoms with van der Waals surface area (Å²) in [6.45, 7) is 3.99. The summed E-state index contributed by atoms with van der Waals surface area (Å²) in [6.07, 6.45) is 0.360. The lowest BCUT2D eigenvalue weighted by atomic mass is 10.0. The Morgan fingerprint density at radius 1 is 0.923 bits per heavy atom. The number of benzene rings is 2. The van der Waals surface area contributed by atoms with Gasteiger partial charge < -0.3 is 4.74 Å². The van der Waals surface area contributed by atoms with E-state index in [2.05, 4.69) is 0 Å². The normalized spacial score (nSPS) is 14.5. The fraction of sp³-hybridized carbons (Fsp3) is 0.286. The Morgan fingerprint density at radius 2 is 1.46 bits per heavy atom. The van der Waals surface area contributed by atoms with Gasteiger partial charge in [0.2, 0.25) is 0 Å². The first-order valence-corrected chi connectivity index (χ1v) is 8.66. The lowest BCUT2D eigenvalue weighted by Gasteiger charge is -2.26. The maximum absolute atomic E-state index is 12.7. The molecule has 0 aromatic heterocycles. The fourth-order valence-electron chi connectivity index (χ4n) is 3.07. The van der Waals surface area contributed by atoms with Crippen molar-refractivity contribution >= 4 is 17.8 Å². The molecule has 3 rings (SSSR count). The van der Waals surface area contributed by atoms with Crippen molar-refractivity contribution in [2.75, 3.05) is 0 Å². The van der Waals surface area contributed by atoms with Crippen LogP contribution >= 0.6 is 0 Å². The highest BCUT2D eigenvalue weighted by Crippen LogP contribution is 2.27. The van der Waals surface area contributed by atoms with E-state index >= 15 is 0 Å². The number of amides is 2. The second-order valence-electron chi connectivity index (χ2n) is 6.76. The molecule has 1 heterocycles. The van der Waals surface area contributed by atoms with Gasteiger partial charge in [0.15, 0.2) is 0 Å². The molecule has 0 saturated heterocycles. The van der Waals surface area contributed by atoms with E-state index in [1.54, 1.807) is 24.3 Å². The molecule has 5 nitrogen and oxygen atoms in total. The minimum Gasteiger partial charge on any atom is -0.459 e. The van der Waals surface area contributed by atoms with Crippen molar-refractivity contribution in [2.45, 2.75) is 32.9 Å². The van der Waals surface area contributed by atoms with E-state index in [1.165, 1.54) is 0 Å². The lowest BCUT2D eigenvalue weighted by molar-refractivity contribution is -0.150. The van der Waals surface area contributed by atoms with Gasteiger partial charge in [0, 0.05) is 0 Å². The zero-order valence-corrected chi connectivity index (χ0v) is 14.8. The highest BCUT2D eigenvalue weighted by atomic mass is 16.5. The molecule has 2 aromatic carbocycles. The van der Waals surface area contributed by atoms with Gasteiger partial charge in [-0.05, 0) is 30.0 Å². The van der Waals surface area contributed by atoms with Gasteiger partial charge in [-0.15, -0.1) is 0 Å². The summed E-state index contributed by atoms with van der Waals surface area (Å²) in [5.41, 5.74) is 1.52. The molecule has 5 heteroatoms. The largest absolute Gasteiger partial charge is 0.459 e. The van der Waals surface area contributed by atoms with Gasteiger partial charge in [-0.1, -0.05) is 56.3 Å². The van der Waals surface area contributed by atoms with Gasteiger partial charge in [-0.2, -0.15) is 0 Å². The molecule has 1 atom stereocenters. The van der Waals surface area contributed by atoms with Gasteiger partial charge in [0.1, 0.15) is 12.6 Å². The molecule has 1 aliphatic heterocycles. The van der Waals surface area contributed by atoms with E-state index in [1.807, 2.05) is 44.2 Å². The molecule has 1 unspecified atom stereocenters. The third-order valence-electron chi connectivity index (χ3n) is 4.33.